The second-order valence-corrected chi connectivity index (χ2v) is 6.74. The fourth-order valence-electron chi connectivity index (χ4n) is 3.34. The highest BCUT2D eigenvalue weighted by molar-refractivity contribution is 6.02. The summed E-state index contributed by atoms with van der Waals surface area (Å²) in [7, 11) is 0. The van der Waals surface area contributed by atoms with Gasteiger partial charge >= 0.3 is 12.2 Å². The summed E-state index contributed by atoms with van der Waals surface area (Å²) in [6.45, 7) is 1.10. The largest absolute Gasteiger partial charge is 0.465 e. The molecule has 0 bridgehead atoms. The van der Waals surface area contributed by atoms with Crippen LogP contribution in [0.1, 0.15) is 18.4 Å². The van der Waals surface area contributed by atoms with Gasteiger partial charge in [-0.15, -0.1) is 0 Å². The fourth-order valence-corrected chi connectivity index (χ4v) is 3.34. The van der Waals surface area contributed by atoms with E-state index in [2.05, 4.69) is 5.32 Å². The number of nitrogens with one attached hydrogen (secondary N) is 1. The third-order valence-electron chi connectivity index (χ3n) is 4.80. The quantitative estimate of drug-likeness (QED) is 0.844. The van der Waals surface area contributed by atoms with Crippen molar-refractivity contribution in [2.45, 2.75) is 25.4 Å². The summed E-state index contributed by atoms with van der Waals surface area (Å²) in [5, 5.41) is 10.9. The van der Waals surface area contributed by atoms with Gasteiger partial charge in [-0.05, 0) is 42.5 Å². The first-order valence-electron chi connectivity index (χ1n) is 8.39. The Morgan fingerprint density at radius 3 is 2.84 bits per heavy atom. The number of carboxylic acid groups (broad SMARTS) is 1. The summed E-state index contributed by atoms with van der Waals surface area (Å²) in [5.41, 5.74) is 2.52. The third-order valence-corrected chi connectivity index (χ3v) is 4.80. The Hall–Kier alpha value is -2.77. The average Bonchev–Trinajstić information content (AvgIpc) is 3.23. The van der Waals surface area contributed by atoms with Crippen LogP contribution in [0.3, 0.4) is 0 Å². The first kappa shape index (κ1) is 15.7. The van der Waals surface area contributed by atoms with Gasteiger partial charge in [-0.3, -0.25) is 9.69 Å². The molecule has 1 aliphatic carbocycles. The number of cyclic esters (lactones) is 1. The zero-order valence-electron chi connectivity index (χ0n) is 13.6. The van der Waals surface area contributed by atoms with Crippen LogP contribution in [-0.2, 0) is 16.0 Å². The van der Waals surface area contributed by atoms with Gasteiger partial charge in [-0.25, -0.2) is 9.59 Å². The van der Waals surface area contributed by atoms with E-state index in [0.29, 0.717) is 18.0 Å². The van der Waals surface area contributed by atoms with E-state index in [0.717, 1.165) is 17.8 Å². The standard InChI is InChI=1S/C17H19N3O5/c21-15-6-11-5-12(3-4-14(11)20(15)8-10-1-2-10)19-9-13(25-17(19)24)7-18-16(22)23/h3-5,10,13,18H,1-2,6-9H2,(H,22,23)/t13-/m0/s1. The lowest BCUT2D eigenvalue weighted by Gasteiger charge is -2.18. The van der Waals surface area contributed by atoms with Gasteiger partial charge in [-0.2, -0.15) is 0 Å². The van der Waals surface area contributed by atoms with Crippen LogP contribution in [0, 0.1) is 5.92 Å². The first-order chi connectivity index (χ1) is 12.0. The molecule has 8 nitrogen and oxygen atoms in total. The molecular formula is C17H19N3O5. The van der Waals surface area contributed by atoms with Crippen molar-refractivity contribution in [3.63, 3.8) is 0 Å². The molecule has 0 aromatic heterocycles. The van der Waals surface area contributed by atoms with Crippen LogP contribution in [0.2, 0.25) is 0 Å². The molecule has 1 saturated carbocycles. The van der Waals surface area contributed by atoms with Crippen molar-refractivity contribution in [1.82, 2.24) is 5.32 Å². The molecule has 0 unspecified atom stereocenters. The molecule has 132 valence electrons. The molecule has 25 heavy (non-hydrogen) atoms. The van der Waals surface area contributed by atoms with Crippen LogP contribution in [0.15, 0.2) is 18.2 Å². The van der Waals surface area contributed by atoms with Crippen LogP contribution >= 0.6 is 0 Å². The predicted octanol–water partition coefficient (Wildman–Crippen LogP) is 1.58. The molecular weight excluding hydrogens is 326 g/mol. The summed E-state index contributed by atoms with van der Waals surface area (Å²) in [6.07, 6.45) is 0.538. The normalized spacial score (nSPS) is 22.2. The minimum atomic E-state index is -1.15. The molecule has 3 amide bonds. The summed E-state index contributed by atoms with van der Waals surface area (Å²) < 4.78 is 5.19. The van der Waals surface area contributed by atoms with Gasteiger partial charge < -0.3 is 20.1 Å². The lowest BCUT2D eigenvalue weighted by Crippen LogP contribution is -2.33. The van der Waals surface area contributed by atoms with E-state index in [1.54, 1.807) is 0 Å². The molecule has 0 radical (unpaired) electrons. The zero-order valence-corrected chi connectivity index (χ0v) is 13.6. The molecule has 8 heteroatoms. The molecule has 1 aromatic carbocycles. The minimum Gasteiger partial charge on any atom is -0.465 e. The van der Waals surface area contributed by atoms with Crippen molar-refractivity contribution >= 4 is 29.5 Å². The van der Waals surface area contributed by atoms with Gasteiger partial charge in [0.15, 0.2) is 0 Å². The SMILES string of the molecule is O=C(O)NC[C@H]1CN(c2ccc3c(c2)CC(=O)N3CC2CC2)C(=O)O1. The highest BCUT2D eigenvalue weighted by Gasteiger charge is 2.36. The summed E-state index contributed by atoms with van der Waals surface area (Å²) in [6, 6.07) is 5.55. The molecule has 1 atom stereocenters. The second-order valence-electron chi connectivity index (χ2n) is 6.74. The molecule has 2 heterocycles. The van der Waals surface area contributed by atoms with Gasteiger partial charge in [-0.1, -0.05) is 0 Å². The molecule has 4 rings (SSSR count). The van der Waals surface area contributed by atoms with E-state index in [1.807, 2.05) is 23.1 Å². The molecule has 2 aliphatic heterocycles. The number of anilines is 2. The summed E-state index contributed by atoms with van der Waals surface area (Å²) >= 11 is 0. The number of rotatable bonds is 5. The van der Waals surface area contributed by atoms with Crippen LogP contribution in [-0.4, -0.2) is 48.9 Å². The first-order valence-corrected chi connectivity index (χ1v) is 8.39. The van der Waals surface area contributed by atoms with Crippen LogP contribution in [0.4, 0.5) is 21.0 Å². The number of carbonyl (C=O) groups is 3. The Morgan fingerprint density at radius 1 is 1.32 bits per heavy atom. The number of fused-ring (bicyclic) bond motifs is 1. The maximum absolute atomic E-state index is 12.2. The van der Waals surface area contributed by atoms with Crippen molar-refractivity contribution in [2.75, 3.05) is 29.4 Å². The number of hydrogen-bond donors (Lipinski definition) is 2. The molecule has 3 aliphatic rings. The smallest absolute Gasteiger partial charge is 0.414 e. The van der Waals surface area contributed by atoms with Crippen molar-refractivity contribution in [3.05, 3.63) is 23.8 Å². The van der Waals surface area contributed by atoms with E-state index in [4.69, 9.17) is 9.84 Å². The lowest BCUT2D eigenvalue weighted by atomic mass is 10.1. The van der Waals surface area contributed by atoms with Gasteiger partial charge in [0.1, 0.15) is 6.10 Å². The van der Waals surface area contributed by atoms with Gasteiger partial charge in [0.25, 0.3) is 0 Å². The Labute approximate surface area is 144 Å². The molecule has 1 aromatic rings. The number of hydrogen-bond acceptors (Lipinski definition) is 4. The van der Waals surface area contributed by atoms with Crippen molar-refractivity contribution in [1.29, 1.82) is 0 Å². The Bertz CT molecular complexity index is 746. The van der Waals surface area contributed by atoms with Gasteiger partial charge in [0, 0.05) is 17.9 Å². The molecule has 2 fully saturated rings. The number of nitrogens with zero attached hydrogens (tertiary/aromatic N) is 2. The van der Waals surface area contributed by atoms with Gasteiger partial charge in [0.05, 0.1) is 19.5 Å². The highest BCUT2D eigenvalue weighted by atomic mass is 16.6. The molecule has 2 N–H and O–H groups in total. The van der Waals surface area contributed by atoms with Crippen molar-refractivity contribution in [3.8, 4) is 0 Å². The minimum absolute atomic E-state index is 0.0518. The Morgan fingerprint density at radius 2 is 2.12 bits per heavy atom. The number of benzene rings is 1. The third kappa shape index (κ3) is 3.11. The molecule has 0 spiro atoms. The highest BCUT2D eigenvalue weighted by Crippen LogP contribution is 2.37. The fraction of sp³-hybridized carbons (Fsp3) is 0.471. The number of ether oxygens (including phenoxy) is 1. The Kier molecular flexibility index (Phi) is 3.74. The van der Waals surface area contributed by atoms with Crippen LogP contribution in [0.5, 0.6) is 0 Å². The zero-order chi connectivity index (χ0) is 17.6. The van der Waals surface area contributed by atoms with Crippen molar-refractivity contribution < 1.29 is 24.2 Å². The topological polar surface area (TPSA) is 99.2 Å². The van der Waals surface area contributed by atoms with E-state index in [-0.39, 0.29) is 19.0 Å². The monoisotopic (exact) mass is 345 g/mol. The average molecular weight is 345 g/mol. The van der Waals surface area contributed by atoms with E-state index in [1.165, 1.54) is 17.7 Å². The summed E-state index contributed by atoms with van der Waals surface area (Å²) in [4.78, 5) is 38.2. The summed E-state index contributed by atoms with van der Waals surface area (Å²) in [5.74, 6) is 0.720. The second kappa shape index (κ2) is 5.94. The van der Waals surface area contributed by atoms with E-state index in [9.17, 15) is 14.4 Å². The maximum Gasteiger partial charge on any atom is 0.414 e. The maximum atomic E-state index is 12.2. The number of amides is 3. The predicted molar refractivity (Wildman–Crippen MR) is 88.9 cm³/mol. The van der Waals surface area contributed by atoms with Crippen LogP contribution < -0.4 is 15.1 Å². The lowest BCUT2D eigenvalue weighted by molar-refractivity contribution is -0.117. The molecule has 1 saturated heterocycles. The van der Waals surface area contributed by atoms with Crippen LogP contribution in [0.25, 0.3) is 0 Å². The van der Waals surface area contributed by atoms with E-state index < -0.39 is 18.3 Å². The Balaban J connectivity index is 1.49. The number of carbonyl (C=O) groups excluding carboxylic acids is 2. The van der Waals surface area contributed by atoms with Crippen molar-refractivity contribution in [2.24, 2.45) is 5.92 Å². The van der Waals surface area contributed by atoms with Gasteiger partial charge in [0.2, 0.25) is 5.91 Å². The van der Waals surface area contributed by atoms with E-state index >= 15 is 0 Å².